The molecule has 0 saturated carbocycles. The standard InChI is InChI=1S/C30H23Cl2N3O4S/c1-17(36)33-24-13-19(18-7-5-4-6-8-18)14-27-28(24)34-30(40-27)35(21-10-12-25(38-2)26(16-21)39-3)29(37)22-11-9-20(31)15-23(22)32/h4-16H,1-3H3,(H,33,36). The summed E-state index contributed by atoms with van der Waals surface area (Å²) in [6, 6.07) is 23.5. The van der Waals surface area contributed by atoms with Crippen molar-refractivity contribution in [1.29, 1.82) is 0 Å². The summed E-state index contributed by atoms with van der Waals surface area (Å²) in [4.78, 5) is 32.5. The molecule has 1 N–H and O–H groups in total. The van der Waals surface area contributed by atoms with E-state index in [9.17, 15) is 9.59 Å². The number of thiazole rings is 1. The Morgan fingerprint density at radius 3 is 2.30 bits per heavy atom. The number of hydrogen-bond donors (Lipinski definition) is 1. The third-order valence-corrected chi connectivity index (χ3v) is 7.62. The predicted octanol–water partition coefficient (Wildman–Crippen LogP) is 8.22. The Kier molecular flexibility index (Phi) is 7.93. The number of ether oxygens (including phenoxy) is 2. The van der Waals surface area contributed by atoms with Gasteiger partial charge in [0, 0.05) is 18.0 Å². The molecule has 4 aromatic carbocycles. The maximum atomic E-state index is 14.1. The van der Waals surface area contributed by atoms with Crippen LogP contribution in [0.15, 0.2) is 78.9 Å². The second kappa shape index (κ2) is 11.6. The zero-order valence-electron chi connectivity index (χ0n) is 21.7. The van der Waals surface area contributed by atoms with Gasteiger partial charge in [-0.1, -0.05) is 64.9 Å². The lowest BCUT2D eigenvalue weighted by atomic mass is 10.0. The molecule has 0 atom stereocenters. The van der Waals surface area contributed by atoms with E-state index in [1.54, 1.807) is 30.3 Å². The molecule has 0 saturated heterocycles. The molecule has 0 aliphatic carbocycles. The topological polar surface area (TPSA) is 80.8 Å². The third kappa shape index (κ3) is 5.47. The fourth-order valence-corrected chi connectivity index (χ4v) is 5.80. The maximum Gasteiger partial charge on any atom is 0.266 e. The Bertz CT molecular complexity index is 1740. The Balaban J connectivity index is 1.73. The number of fused-ring (bicyclic) bond motifs is 1. The lowest BCUT2D eigenvalue weighted by molar-refractivity contribution is -0.114. The van der Waals surface area contributed by atoms with Gasteiger partial charge in [-0.15, -0.1) is 0 Å². The zero-order chi connectivity index (χ0) is 28.4. The Morgan fingerprint density at radius 1 is 0.875 bits per heavy atom. The molecule has 0 fully saturated rings. The fraction of sp³-hybridized carbons (Fsp3) is 0.100. The van der Waals surface area contributed by atoms with Gasteiger partial charge in [-0.25, -0.2) is 4.98 Å². The van der Waals surface area contributed by atoms with Crippen molar-refractivity contribution in [3.05, 3.63) is 94.5 Å². The summed E-state index contributed by atoms with van der Waals surface area (Å²) in [6.07, 6.45) is 0. The number of nitrogens with one attached hydrogen (secondary N) is 1. The molecule has 0 aliphatic heterocycles. The molecule has 5 aromatic rings. The Morgan fingerprint density at radius 2 is 1.62 bits per heavy atom. The first kappa shape index (κ1) is 27.5. The van der Waals surface area contributed by atoms with E-state index < -0.39 is 5.91 Å². The van der Waals surface area contributed by atoms with Crippen LogP contribution in [0.3, 0.4) is 0 Å². The number of halogens is 2. The normalized spacial score (nSPS) is 10.8. The van der Waals surface area contributed by atoms with Gasteiger partial charge in [0.1, 0.15) is 5.52 Å². The van der Waals surface area contributed by atoms with E-state index in [1.165, 1.54) is 43.4 Å². The van der Waals surface area contributed by atoms with E-state index in [0.717, 1.165) is 15.8 Å². The molecular weight excluding hydrogens is 569 g/mol. The number of amides is 2. The molecule has 7 nitrogen and oxygen atoms in total. The van der Waals surface area contributed by atoms with Gasteiger partial charge in [0.05, 0.1) is 40.9 Å². The van der Waals surface area contributed by atoms with E-state index in [4.69, 9.17) is 37.7 Å². The summed E-state index contributed by atoms with van der Waals surface area (Å²) < 4.78 is 11.7. The number of methoxy groups -OCH3 is 2. The number of hydrogen-bond acceptors (Lipinski definition) is 6. The molecular formula is C30H23Cl2N3O4S. The first-order valence-corrected chi connectivity index (χ1v) is 13.7. The Hall–Kier alpha value is -4.11. The number of carbonyl (C=O) groups excluding carboxylic acids is 2. The average molecular weight is 593 g/mol. The van der Waals surface area contributed by atoms with Crippen LogP contribution in [0.1, 0.15) is 17.3 Å². The molecule has 10 heteroatoms. The highest BCUT2D eigenvalue weighted by molar-refractivity contribution is 7.22. The second-order valence-electron chi connectivity index (χ2n) is 8.72. The lowest BCUT2D eigenvalue weighted by Crippen LogP contribution is -2.26. The van der Waals surface area contributed by atoms with Crippen molar-refractivity contribution >= 4 is 73.1 Å². The zero-order valence-corrected chi connectivity index (χ0v) is 24.0. The van der Waals surface area contributed by atoms with Gasteiger partial charge in [-0.3, -0.25) is 14.5 Å². The van der Waals surface area contributed by atoms with Gasteiger partial charge in [-0.2, -0.15) is 0 Å². The minimum Gasteiger partial charge on any atom is -0.493 e. The summed E-state index contributed by atoms with van der Waals surface area (Å²) in [7, 11) is 3.06. The third-order valence-electron chi connectivity index (χ3n) is 6.08. The van der Waals surface area contributed by atoms with Crippen molar-refractivity contribution in [3.63, 3.8) is 0 Å². The van der Waals surface area contributed by atoms with Crippen molar-refractivity contribution < 1.29 is 19.1 Å². The smallest absolute Gasteiger partial charge is 0.266 e. The highest BCUT2D eigenvalue weighted by Crippen LogP contribution is 2.42. The fourth-order valence-electron chi connectivity index (χ4n) is 4.26. The molecule has 0 bridgehead atoms. The number of rotatable bonds is 7. The molecule has 40 heavy (non-hydrogen) atoms. The van der Waals surface area contributed by atoms with Crippen LogP contribution in [0.4, 0.5) is 16.5 Å². The van der Waals surface area contributed by atoms with E-state index in [0.29, 0.717) is 38.5 Å². The van der Waals surface area contributed by atoms with Crippen LogP contribution < -0.4 is 19.7 Å². The van der Waals surface area contributed by atoms with Gasteiger partial charge >= 0.3 is 0 Å². The van der Waals surface area contributed by atoms with Crippen molar-refractivity contribution in [1.82, 2.24) is 4.98 Å². The highest BCUT2D eigenvalue weighted by atomic mass is 35.5. The van der Waals surface area contributed by atoms with Crippen LogP contribution in [0, 0.1) is 0 Å². The van der Waals surface area contributed by atoms with Gasteiger partial charge in [-0.05, 0) is 53.6 Å². The monoisotopic (exact) mass is 591 g/mol. The first-order chi connectivity index (χ1) is 19.3. The van der Waals surface area contributed by atoms with Crippen LogP contribution in [0.5, 0.6) is 11.5 Å². The molecule has 1 heterocycles. The number of benzene rings is 4. The first-order valence-electron chi connectivity index (χ1n) is 12.1. The molecule has 5 rings (SSSR count). The molecule has 0 aliphatic rings. The SMILES string of the molecule is COc1ccc(N(C(=O)c2ccc(Cl)cc2Cl)c2nc3c(NC(C)=O)cc(-c4ccccc4)cc3s2)cc1OC. The summed E-state index contributed by atoms with van der Waals surface area (Å²) in [5.41, 5.74) is 3.69. The molecule has 0 radical (unpaired) electrons. The van der Waals surface area contributed by atoms with Gasteiger partial charge in [0.15, 0.2) is 16.6 Å². The molecule has 2 amide bonds. The number of nitrogens with zero attached hydrogens (tertiary/aromatic N) is 2. The summed E-state index contributed by atoms with van der Waals surface area (Å²) in [5, 5.41) is 3.87. The van der Waals surface area contributed by atoms with E-state index in [1.807, 2.05) is 42.5 Å². The quantitative estimate of drug-likeness (QED) is 0.206. The van der Waals surface area contributed by atoms with Gasteiger partial charge < -0.3 is 14.8 Å². The van der Waals surface area contributed by atoms with Gasteiger partial charge in [0.25, 0.3) is 5.91 Å². The molecule has 202 valence electrons. The largest absolute Gasteiger partial charge is 0.493 e. The average Bonchev–Trinajstić information content (AvgIpc) is 3.37. The minimum absolute atomic E-state index is 0.203. The number of carbonyl (C=O) groups is 2. The van der Waals surface area contributed by atoms with Crippen LogP contribution in [0.25, 0.3) is 21.3 Å². The van der Waals surface area contributed by atoms with Crippen LogP contribution in [0.2, 0.25) is 10.0 Å². The highest BCUT2D eigenvalue weighted by Gasteiger charge is 2.27. The summed E-state index contributed by atoms with van der Waals surface area (Å²) >= 11 is 13.9. The van der Waals surface area contributed by atoms with Gasteiger partial charge in [0.2, 0.25) is 5.91 Å². The van der Waals surface area contributed by atoms with Crippen molar-refractivity contribution in [2.75, 3.05) is 24.4 Å². The predicted molar refractivity (Wildman–Crippen MR) is 162 cm³/mol. The molecule has 1 aromatic heterocycles. The maximum absolute atomic E-state index is 14.1. The summed E-state index contributed by atoms with van der Waals surface area (Å²) in [5.74, 6) is 0.290. The molecule has 0 spiro atoms. The number of anilines is 3. The van der Waals surface area contributed by atoms with Crippen molar-refractivity contribution in [3.8, 4) is 22.6 Å². The van der Waals surface area contributed by atoms with Crippen molar-refractivity contribution in [2.24, 2.45) is 0 Å². The van der Waals surface area contributed by atoms with Crippen LogP contribution in [-0.2, 0) is 4.79 Å². The van der Waals surface area contributed by atoms with Crippen LogP contribution >= 0.6 is 34.5 Å². The van der Waals surface area contributed by atoms with Crippen molar-refractivity contribution in [2.45, 2.75) is 6.92 Å². The van der Waals surface area contributed by atoms with Crippen LogP contribution in [-0.4, -0.2) is 31.0 Å². The molecule has 0 unspecified atom stereocenters. The van der Waals surface area contributed by atoms with E-state index in [-0.39, 0.29) is 16.5 Å². The number of aromatic nitrogens is 1. The van der Waals surface area contributed by atoms with E-state index >= 15 is 0 Å². The Labute approximate surface area is 244 Å². The minimum atomic E-state index is -0.419. The lowest BCUT2D eigenvalue weighted by Gasteiger charge is -2.22. The second-order valence-corrected chi connectivity index (χ2v) is 10.6. The summed E-state index contributed by atoms with van der Waals surface area (Å²) in [6.45, 7) is 1.44. The van der Waals surface area contributed by atoms with E-state index in [2.05, 4.69) is 5.32 Å².